The molecule has 0 aromatic heterocycles. The van der Waals surface area contributed by atoms with Crippen LogP contribution in [0.2, 0.25) is 0 Å². The van der Waals surface area contributed by atoms with E-state index in [0.29, 0.717) is 45.2 Å². The third kappa shape index (κ3) is 3.42. The fourth-order valence-electron chi connectivity index (χ4n) is 3.40. The number of nitrogens with zero attached hydrogens (tertiary/aromatic N) is 2. The van der Waals surface area contributed by atoms with Crippen molar-refractivity contribution in [3.05, 3.63) is 29.8 Å². The van der Waals surface area contributed by atoms with E-state index in [-0.39, 0.29) is 23.8 Å². The third-order valence-corrected chi connectivity index (χ3v) is 4.79. The van der Waals surface area contributed by atoms with Gasteiger partial charge in [-0.3, -0.25) is 19.3 Å². The molecule has 0 spiro atoms. The molecule has 1 aromatic rings. The average molecular weight is 330 g/mol. The molecule has 6 heteroatoms. The van der Waals surface area contributed by atoms with E-state index in [1.165, 1.54) is 4.90 Å². The largest absolute Gasteiger partial charge is 0.497 e. The van der Waals surface area contributed by atoms with Gasteiger partial charge in [-0.2, -0.15) is 0 Å². The third-order valence-electron chi connectivity index (χ3n) is 4.79. The summed E-state index contributed by atoms with van der Waals surface area (Å²) in [5.74, 6) is 0.718. The molecule has 0 unspecified atom stereocenters. The highest BCUT2D eigenvalue weighted by Crippen LogP contribution is 2.23. The summed E-state index contributed by atoms with van der Waals surface area (Å²) in [5.41, 5.74) is 0.952. The lowest BCUT2D eigenvalue weighted by atomic mass is 10.0. The molecule has 2 aliphatic rings. The molecule has 6 nitrogen and oxygen atoms in total. The van der Waals surface area contributed by atoms with E-state index in [4.69, 9.17) is 4.74 Å². The highest BCUT2D eigenvalue weighted by molar-refractivity contribution is 6.02. The zero-order chi connectivity index (χ0) is 17.1. The second-order valence-electron chi connectivity index (χ2n) is 6.29. The van der Waals surface area contributed by atoms with E-state index in [9.17, 15) is 14.4 Å². The van der Waals surface area contributed by atoms with E-state index in [1.54, 1.807) is 7.11 Å². The van der Waals surface area contributed by atoms with Crippen LogP contribution in [-0.4, -0.2) is 53.8 Å². The predicted molar refractivity (Wildman–Crippen MR) is 87.4 cm³/mol. The van der Waals surface area contributed by atoms with Crippen LogP contribution in [0.5, 0.6) is 5.75 Å². The van der Waals surface area contributed by atoms with Gasteiger partial charge in [-0.05, 0) is 30.5 Å². The van der Waals surface area contributed by atoms with Crippen LogP contribution in [0.3, 0.4) is 0 Å². The summed E-state index contributed by atoms with van der Waals surface area (Å²) in [6, 6.07) is 7.44. The average Bonchev–Trinajstić information content (AvgIpc) is 2.94. The van der Waals surface area contributed by atoms with Crippen molar-refractivity contribution >= 4 is 17.7 Å². The molecule has 1 aromatic carbocycles. The quantitative estimate of drug-likeness (QED) is 0.782. The Kier molecular flexibility index (Phi) is 4.83. The number of imide groups is 1. The summed E-state index contributed by atoms with van der Waals surface area (Å²) >= 11 is 0. The van der Waals surface area contributed by atoms with Crippen LogP contribution in [0.25, 0.3) is 0 Å². The molecule has 2 fully saturated rings. The summed E-state index contributed by atoms with van der Waals surface area (Å²) in [6.45, 7) is 1.19. The van der Waals surface area contributed by atoms with Gasteiger partial charge in [-0.25, -0.2) is 0 Å². The van der Waals surface area contributed by atoms with Crippen molar-refractivity contribution in [2.24, 2.45) is 0 Å². The molecular formula is C18H22N2O4. The normalized spacial score (nSPS) is 19.0. The fourth-order valence-corrected chi connectivity index (χ4v) is 3.40. The molecule has 0 bridgehead atoms. The Morgan fingerprint density at radius 3 is 2.21 bits per heavy atom. The van der Waals surface area contributed by atoms with Crippen LogP contribution in [0.1, 0.15) is 31.2 Å². The van der Waals surface area contributed by atoms with Gasteiger partial charge in [0.25, 0.3) is 0 Å². The van der Waals surface area contributed by atoms with Gasteiger partial charge < -0.3 is 9.64 Å². The summed E-state index contributed by atoms with van der Waals surface area (Å²) in [7, 11) is 1.61. The predicted octanol–water partition coefficient (Wildman–Crippen LogP) is 1.38. The maximum absolute atomic E-state index is 12.4. The highest BCUT2D eigenvalue weighted by Gasteiger charge is 2.37. The van der Waals surface area contributed by atoms with E-state index in [2.05, 4.69) is 0 Å². The first-order valence-electron chi connectivity index (χ1n) is 8.34. The van der Waals surface area contributed by atoms with Gasteiger partial charge in [0, 0.05) is 32.0 Å². The van der Waals surface area contributed by atoms with Crippen LogP contribution >= 0.6 is 0 Å². The summed E-state index contributed by atoms with van der Waals surface area (Å²) in [5, 5.41) is 0. The van der Waals surface area contributed by atoms with Gasteiger partial charge in [-0.1, -0.05) is 12.1 Å². The smallest absolute Gasteiger partial charge is 0.229 e. The van der Waals surface area contributed by atoms with Crippen molar-refractivity contribution < 1.29 is 19.1 Å². The number of benzene rings is 1. The number of piperidine rings is 1. The monoisotopic (exact) mass is 330 g/mol. The Morgan fingerprint density at radius 2 is 1.67 bits per heavy atom. The van der Waals surface area contributed by atoms with Crippen molar-refractivity contribution in [1.29, 1.82) is 0 Å². The maximum atomic E-state index is 12.4. The van der Waals surface area contributed by atoms with Crippen LogP contribution in [0, 0.1) is 0 Å². The second kappa shape index (κ2) is 7.03. The lowest BCUT2D eigenvalue weighted by Crippen LogP contribution is -2.48. The Labute approximate surface area is 141 Å². The zero-order valence-electron chi connectivity index (χ0n) is 13.9. The summed E-state index contributed by atoms with van der Waals surface area (Å²) < 4.78 is 5.11. The standard InChI is InChI=1S/C18H22N2O4/c1-24-15-4-2-13(3-5-15)12-18(23)19-10-8-14(9-11-19)20-16(21)6-7-17(20)22/h2-5,14H,6-12H2,1H3. The van der Waals surface area contributed by atoms with E-state index in [0.717, 1.165) is 11.3 Å². The SMILES string of the molecule is COc1ccc(CC(=O)N2CCC(N3C(=O)CCC3=O)CC2)cc1. The molecule has 3 amide bonds. The van der Waals surface area contributed by atoms with E-state index >= 15 is 0 Å². The van der Waals surface area contributed by atoms with Crippen LogP contribution < -0.4 is 4.74 Å². The molecule has 3 rings (SSSR count). The molecule has 2 saturated heterocycles. The van der Waals surface area contributed by atoms with Crippen LogP contribution in [-0.2, 0) is 20.8 Å². The minimum atomic E-state index is -0.0667. The summed E-state index contributed by atoms with van der Waals surface area (Å²) in [4.78, 5) is 39.3. The van der Waals surface area contributed by atoms with Gasteiger partial charge in [0.15, 0.2) is 0 Å². The van der Waals surface area contributed by atoms with Gasteiger partial charge >= 0.3 is 0 Å². The Morgan fingerprint density at radius 1 is 1.08 bits per heavy atom. The number of ether oxygens (including phenoxy) is 1. The molecule has 2 heterocycles. The summed E-state index contributed by atoms with van der Waals surface area (Å²) in [6.07, 6.45) is 2.36. The number of methoxy groups -OCH3 is 1. The van der Waals surface area contributed by atoms with Gasteiger partial charge in [0.1, 0.15) is 5.75 Å². The number of amides is 3. The minimum absolute atomic E-state index is 0.0439. The van der Waals surface area contributed by atoms with Crippen molar-refractivity contribution in [2.75, 3.05) is 20.2 Å². The number of carbonyl (C=O) groups excluding carboxylic acids is 3. The molecule has 0 radical (unpaired) electrons. The van der Waals surface area contributed by atoms with Gasteiger partial charge in [-0.15, -0.1) is 0 Å². The molecule has 0 atom stereocenters. The highest BCUT2D eigenvalue weighted by atomic mass is 16.5. The lowest BCUT2D eigenvalue weighted by Gasteiger charge is -2.35. The fraction of sp³-hybridized carbons (Fsp3) is 0.500. The van der Waals surface area contributed by atoms with Crippen molar-refractivity contribution in [2.45, 2.75) is 38.1 Å². The first-order valence-corrected chi connectivity index (χ1v) is 8.34. The van der Waals surface area contributed by atoms with Crippen molar-refractivity contribution in [3.63, 3.8) is 0 Å². The van der Waals surface area contributed by atoms with Gasteiger partial charge in [0.05, 0.1) is 13.5 Å². The lowest BCUT2D eigenvalue weighted by molar-refractivity contribution is -0.142. The molecule has 24 heavy (non-hydrogen) atoms. The van der Waals surface area contributed by atoms with E-state index < -0.39 is 0 Å². The molecule has 0 saturated carbocycles. The van der Waals surface area contributed by atoms with Crippen LogP contribution in [0.15, 0.2) is 24.3 Å². The topological polar surface area (TPSA) is 66.9 Å². The molecule has 128 valence electrons. The minimum Gasteiger partial charge on any atom is -0.497 e. The molecule has 0 aliphatic carbocycles. The molecule has 0 N–H and O–H groups in total. The maximum Gasteiger partial charge on any atom is 0.229 e. The number of rotatable bonds is 4. The van der Waals surface area contributed by atoms with Crippen molar-refractivity contribution in [1.82, 2.24) is 9.80 Å². The van der Waals surface area contributed by atoms with Gasteiger partial charge in [0.2, 0.25) is 17.7 Å². The Balaban J connectivity index is 1.53. The first-order chi connectivity index (χ1) is 11.6. The number of hydrogen-bond donors (Lipinski definition) is 0. The molecular weight excluding hydrogens is 308 g/mol. The van der Waals surface area contributed by atoms with Crippen LogP contribution in [0.4, 0.5) is 0 Å². The second-order valence-corrected chi connectivity index (χ2v) is 6.29. The van der Waals surface area contributed by atoms with E-state index in [1.807, 2.05) is 29.2 Å². The Hall–Kier alpha value is -2.37. The molecule has 2 aliphatic heterocycles. The zero-order valence-corrected chi connectivity index (χ0v) is 13.9. The number of hydrogen-bond acceptors (Lipinski definition) is 4. The Bertz CT molecular complexity index is 617. The van der Waals surface area contributed by atoms with Crippen molar-refractivity contribution in [3.8, 4) is 5.75 Å². The number of carbonyl (C=O) groups is 3. The first kappa shape index (κ1) is 16.5. The number of likely N-dealkylation sites (tertiary alicyclic amines) is 2.